The van der Waals surface area contributed by atoms with E-state index in [1.165, 1.54) is 24.6 Å². The van der Waals surface area contributed by atoms with E-state index < -0.39 is 5.82 Å². The van der Waals surface area contributed by atoms with Crippen molar-refractivity contribution in [1.82, 2.24) is 5.32 Å². The first-order valence-electron chi connectivity index (χ1n) is 6.48. The van der Waals surface area contributed by atoms with Gasteiger partial charge in [0.2, 0.25) is 5.91 Å². The molecule has 1 amide bonds. The van der Waals surface area contributed by atoms with E-state index >= 15 is 0 Å². The Morgan fingerprint density at radius 1 is 1.47 bits per heavy atom. The van der Waals surface area contributed by atoms with E-state index in [-0.39, 0.29) is 17.0 Å². The smallest absolute Gasteiger partial charge is 0.244 e. The maximum absolute atomic E-state index is 13.0. The highest BCUT2D eigenvalue weighted by atomic mass is 35.5. The molecular weight excluding hydrogens is 265 g/mol. The summed E-state index contributed by atoms with van der Waals surface area (Å²) in [6, 6.07) is 4.66. The Labute approximate surface area is 117 Å². The third-order valence-corrected chi connectivity index (χ3v) is 3.70. The van der Waals surface area contributed by atoms with Crippen LogP contribution in [0.25, 0.3) is 6.08 Å². The molecule has 1 fully saturated rings. The van der Waals surface area contributed by atoms with Gasteiger partial charge in [-0.15, -0.1) is 0 Å². The van der Waals surface area contributed by atoms with Gasteiger partial charge in [-0.1, -0.05) is 24.6 Å². The monoisotopic (exact) mass is 281 g/mol. The standard InChI is InChI=1S/C15H17ClFNO/c1-10-2-5-12(8-10)18-15(19)7-4-11-3-6-14(17)13(16)9-11/h3-4,6-7,9-10,12H,2,5,8H2,1H3,(H,18,19)/b7-4+. The van der Waals surface area contributed by atoms with Crippen molar-refractivity contribution >= 4 is 23.6 Å². The number of benzene rings is 1. The first-order chi connectivity index (χ1) is 9.04. The van der Waals surface area contributed by atoms with Gasteiger partial charge in [-0.3, -0.25) is 4.79 Å². The number of halogens is 2. The average molecular weight is 282 g/mol. The lowest BCUT2D eigenvalue weighted by atomic mass is 10.1. The van der Waals surface area contributed by atoms with Crippen molar-refractivity contribution in [2.75, 3.05) is 0 Å². The largest absolute Gasteiger partial charge is 0.350 e. The number of carbonyl (C=O) groups is 1. The molecule has 102 valence electrons. The Balaban J connectivity index is 1.90. The van der Waals surface area contributed by atoms with E-state index in [4.69, 9.17) is 11.6 Å². The van der Waals surface area contributed by atoms with Crippen LogP contribution in [0.2, 0.25) is 5.02 Å². The van der Waals surface area contributed by atoms with Crippen LogP contribution in [0.5, 0.6) is 0 Å². The van der Waals surface area contributed by atoms with Gasteiger partial charge < -0.3 is 5.32 Å². The van der Waals surface area contributed by atoms with Gasteiger partial charge in [0.1, 0.15) is 5.82 Å². The fourth-order valence-electron chi connectivity index (χ4n) is 2.38. The summed E-state index contributed by atoms with van der Waals surface area (Å²) < 4.78 is 13.0. The molecule has 1 aliphatic rings. The van der Waals surface area contributed by atoms with E-state index in [2.05, 4.69) is 12.2 Å². The molecule has 2 rings (SSSR count). The van der Waals surface area contributed by atoms with Crippen molar-refractivity contribution in [2.24, 2.45) is 5.92 Å². The van der Waals surface area contributed by atoms with Gasteiger partial charge in [0.25, 0.3) is 0 Å². The number of amides is 1. The zero-order valence-electron chi connectivity index (χ0n) is 10.8. The normalized spacial score (nSPS) is 22.9. The zero-order chi connectivity index (χ0) is 13.8. The minimum absolute atomic E-state index is 0.0622. The molecule has 1 N–H and O–H groups in total. The molecule has 19 heavy (non-hydrogen) atoms. The summed E-state index contributed by atoms with van der Waals surface area (Å²) in [4.78, 5) is 11.7. The quantitative estimate of drug-likeness (QED) is 0.839. The molecule has 0 aromatic heterocycles. The molecule has 1 saturated carbocycles. The van der Waals surface area contributed by atoms with Gasteiger partial charge in [0.15, 0.2) is 0 Å². The maximum atomic E-state index is 13.0. The molecule has 2 unspecified atom stereocenters. The van der Waals surface area contributed by atoms with Crippen molar-refractivity contribution in [3.05, 3.63) is 40.7 Å². The fourth-order valence-corrected chi connectivity index (χ4v) is 2.56. The summed E-state index contributed by atoms with van der Waals surface area (Å²) >= 11 is 5.67. The molecule has 0 bridgehead atoms. The summed E-state index contributed by atoms with van der Waals surface area (Å²) in [5, 5.41) is 3.03. The highest BCUT2D eigenvalue weighted by Crippen LogP contribution is 2.24. The molecule has 2 nitrogen and oxygen atoms in total. The number of carbonyl (C=O) groups excluding carboxylic acids is 1. The highest BCUT2D eigenvalue weighted by molar-refractivity contribution is 6.30. The van der Waals surface area contributed by atoms with Crippen LogP contribution in [-0.4, -0.2) is 11.9 Å². The van der Waals surface area contributed by atoms with Crippen molar-refractivity contribution in [3.8, 4) is 0 Å². The summed E-state index contributed by atoms with van der Waals surface area (Å²) in [6.45, 7) is 2.20. The lowest BCUT2D eigenvalue weighted by Gasteiger charge is -2.10. The second kappa shape index (κ2) is 6.20. The van der Waals surface area contributed by atoms with Crippen LogP contribution in [0.3, 0.4) is 0 Å². The van der Waals surface area contributed by atoms with Crippen molar-refractivity contribution in [1.29, 1.82) is 0 Å². The Bertz CT molecular complexity index is 501. The Morgan fingerprint density at radius 3 is 2.89 bits per heavy atom. The first-order valence-corrected chi connectivity index (χ1v) is 6.86. The Morgan fingerprint density at radius 2 is 2.26 bits per heavy atom. The maximum Gasteiger partial charge on any atom is 0.244 e. The molecule has 4 heteroatoms. The van der Waals surface area contributed by atoms with E-state index in [0.29, 0.717) is 11.5 Å². The summed E-state index contributed by atoms with van der Waals surface area (Å²) in [5.41, 5.74) is 0.710. The minimum Gasteiger partial charge on any atom is -0.350 e. The van der Waals surface area contributed by atoms with E-state index in [9.17, 15) is 9.18 Å². The first kappa shape index (κ1) is 14.1. The van der Waals surface area contributed by atoms with E-state index in [1.54, 1.807) is 12.1 Å². The van der Waals surface area contributed by atoms with Crippen LogP contribution in [0.1, 0.15) is 31.7 Å². The number of nitrogens with one attached hydrogen (secondary N) is 1. The van der Waals surface area contributed by atoms with Gasteiger partial charge in [-0.05, 0) is 49.0 Å². The SMILES string of the molecule is CC1CCC(NC(=O)/C=C/c2ccc(F)c(Cl)c2)C1. The third-order valence-electron chi connectivity index (χ3n) is 3.41. The summed E-state index contributed by atoms with van der Waals surface area (Å²) in [6.07, 6.45) is 6.36. The highest BCUT2D eigenvalue weighted by Gasteiger charge is 2.21. The van der Waals surface area contributed by atoms with Gasteiger partial charge in [0, 0.05) is 12.1 Å². The predicted molar refractivity (Wildman–Crippen MR) is 75.4 cm³/mol. The molecule has 2 atom stereocenters. The van der Waals surface area contributed by atoms with Crippen LogP contribution in [0, 0.1) is 11.7 Å². The molecule has 0 radical (unpaired) electrons. The molecule has 0 aliphatic heterocycles. The molecule has 1 aromatic carbocycles. The Kier molecular flexibility index (Phi) is 4.59. The average Bonchev–Trinajstić information content (AvgIpc) is 2.76. The number of hydrogen-bond acceptors (Lipinski definition) is 1. The van der Waals surface area contributed by atoms with Gasteiger partial charge in [0.05, 0.1) is 5.02 Å². The topological polar surface area (TPSA) is 29.1 Å². The third kappa shape index (κ3) is 4.06. The van der Waals surface area contributed by atoms with Crippen molar-refractivity contribution in [2.45, 2.75) is 32.2 Å². The van der Waals surface area contributed by atoms with E-state index in [0.717, 1.165) is 12.8 Å². The molecule has 1 aromatic rings. The number of hydrogen-bond donors (Lipinski definition) is 1. The number of rotatable bonds is 3. The van der Waals surface area contributed by atoms with Crippen molar-refractivity contribution in [3.63, 3.8) is 0 Å². The lowest BCUT2D eigenvalue weighted by Crippen LogP contribution is -2.31. The van der Waals surface area contributed by atoms with Crippen LogP contribution < -0.4 is 5.32 Å². The van der Waals surface area contributed by atoms with Gasteiger partial charge >= 0.3 is 0 Å². The van der Waals surface area contributed by atoms with Crippen LogP contribution in [-0.2, 0) is 4.79 Å². The zero-order valence-corrected chi connectivity index (χ0v) is 11.6. The molecule has 0 spiro atoms. The predicted octanol–water partition coefficient (Wildman–Crippen LogP) is 3.80. The van der Waals surface area contributed by atoms with Crippen LogP contribution in [0.4, 0.5) is 4.39 Å². The Hall–Kier alpha value is -1.35. The molecule has 1 aliphatic carbocycles. The lowest BCUT2D eigenvalue weighted by molar-refractivity contribution is -0.117. The van der Waals surface area contributed by atoms with Gasteiger partial charge in [-0.2, -0.15) is 0 Å². The summed E-state index contributed by atoms with van der Waals surface area (Å²) in [7, 11) is 0. The van der Waals surface area contributed by atoms with Crippen molar-refractivity contribution < 1.29 is 9.18 Å². The fraction of sp³-hybridized carbons (Fsp3) is 0.400. The van der Waals surface area contributed by atoms with Gasteiger partial charge in [-0.25, -0.2) is 4.39 Å². The molecule has 0 saturated heterocycles. The molecular formula is C15H17ClFNO. The summed E-state index contributed by atoms with van der Waals surface area (Å²) in [5.74, 6) is 0.118. The van der Waals surface area contributed by atoms with Crippen LogP contribution >= 0.6 is 11.6 Å². The minimum atomic E-state index is -0.455. The second-order valence-electron chi connectivity index (χ2n) is 5.13. The second-order valence-corrected chi connectivity index (χ2v) is 5.54. The van der Waals surface area contributed by atoms with E-state index in [1.807, 2.05) is 0 Å². The molecule has 0 heterocycles. The van der Waals surface area contributed by atoms with Crippen LogP contribution in [0.15, 0.2) is 24.3 Å².